The molecule has 10 nitrogen and oxygen atoms in total. The summed E-state index contributed by atoms with van der Waals surface area (Å²) in [4.78, 5) is 32.6. The number of oxazole rings is 1. The van der Waals surface area contributed by atoms with E-state index in [1.165, 1.54) is 17.7 Å². The Balaban J connectivity index is 0.00000353. The number of nitrogens with zero attached hydrogens (tertiary/aromatic N) is 2. The van der Waals surface area contributed by atoms with Crippen LogP contribution in [0.1, 0.15) is 30.6 Å². The number of nitrogens with one attached hydrogen (secondary N) is 2. The second-order valence-electron chi connectivity index (χ2n) is 9.73. The van der Waals surface area contributed by atoms with Gasteiger partial charge in [-0.1, -0.05) is 24.3 Å². The smallest absolute Gasteiger partial charge is 0.245 e. The lowest BCUT2D eigenvalue weighted by Crippen LogP contribution is -2.42. The zero-order valence-corrected chi connectivity index (χ0v) is 23.6. The van der Waals surface area contributed by atoms with Gasteiger partial charge in [0.15, 0.2) is 22.0 Å². The summed E-state index contributed by atoms with van der Waals surface area (Å²) in [6, 6.07) is 11.2. The summed E-state index contributed by atoms with van der Waals surface area (Å²) in [6.45, 7) is 1.84. The van der Waals surface area contributed by atoms with Crippen molar-refractivity contribution in [3.05, 3.63) is 53.9 Å². The molecule has 0 saturated carbocycles. The number of halogens is 1. The molecule has 210 valence electrons. The highest BCUT2D eigenvalue weighted by molar-refractivity contribution is 7.92. The largest absolute Gasteiger partial charge is 0.444 e. The molecule has 13 heteroatoms. The molecule has 0 bridgehead atoms. The molecule has 5 rings (SSSR count). The van der Waals surface area contributed by atoms with Crippen LogP contribution in [0.4, 0.5) is 0 Å². The van der Waals surface area contributed by atoms with E-state index in [-0.39, 0.29) is 49.5 Å². The summed E-state index contributed by atoms with van der Waals surface area (Å²) < 4.78 is 31.4. The molecule has 3 aromatic rings. The zero-order valence-electron chi connectivity index (χ0n) is 21.2. The number of hydrogen-bond acceptors (Lipinski definition) is 9. The fraction of sp³-hybridized carbons (Fsp3) is 0.423. The van der Waals surface area contributed by atoms with Crippen molar-refractivity contribution in [1.29, 1.82) is 0 Å². The van der Waals surface area contributed by atoms with Crippen LogP contribution in [0.5, 0.6) is 0 Å². The number of carbonyl (C=O) groups excluding carboxylic acids is 2. The SMILES string of the molecule is Cl.O=C(CC1(c2ccc(-c3ccc(-c4cnco4)cc3)s2)CCN(C(=O)C2CCNCC2)CCS1(=O)=O)NO. The molecule has 2 aliphatic rings. The predicted molar refractivity (Wildman–Crippen MR) is 149 cm³/mol. The van der Waals surface area contributed by atoms with Crippen LogP contribution in [0.25, 0.3) is 21.8 Å². The summed E-state index contributed by atoms with van der Waals surface area (Å²) in [5.74, 6) is -0.534. The van der Waals surface area contributed by atoms with Gasteiger partial charge in [0.1, 0.15) is 4.75 Å². The molecule has 1 atom stereocenters. The second kappa shape index (κ2) is 12.2. The molecule has 2 aromatic heterocycles. The lowest BCUT2D eigenvalue weighted by atomic mass is 9.94. The molecule has 39 heavy (non-hydrogen) atoms. The van der Waals surface area contributed by atoms with E-state index in [1.54, 1.807) is 22.6 Å². The van der Waals surface area contributed by atoms with E-state index in [1.807, 2.05) is 30.3 Å². The number of sulfone groups is 1. The van der Waals surface area contributed by atoms with Gasteiger partial charge in [0.2, 0.25) is 11.8 Å². The minimum absolute atomic E-state index is 0. The average molecular weight is 595 g/mol. The molecule has 2 aliphatic heterocycles. The lowest BCUT2D eigenvalue weighted by Gasteiger charge is -2.31. The van der Waals surface area contributed by atoms with Crippen LogP contribution in [0, 0.1) is 5.92 Å². The van der Waals surface area contributed by atoms with Crippen LogP contribution < -0.4 is 10.8 Å². The molecule has 4 heterocycles. The Hall–Kier alpha value is -2.77. The monoisotopic (exact) mass is 594 g/mol. The van der Waals surface area contributed by atoms with Crippen molar-refractivity contribution in [1.82, 2.24) is 20.7 Å². The molecule has 0 radical (unpaired) electrons. The Bertz CT molecular complexity index is 1390. The quantitative estimate of drug-likeness (QED) is 0.292. The number of benzene rings is 1. The molecule has 3 N–H and O–H groups in total. The first kappa shape index (κ1) is 29.2. The summed E-state index contributed by atoms with van der Waals surface area (Å²) in [7, 11) is -3.87. The third-order valence-corrected chi connectivity index (χ3v) is 11.5. The van der Waals surface area contributed by atoms with Crippen molar-refractivity contribution in [2.75, 3.05) is 31.9 Å². The van der Waals surface area contributed by atoms with E-state index in [9.17, 15) is 23.2 Å². The standard InChI is InChI=1S/C26H30N4O6S2.ClH/c31-24(29-33)15-26(9-12-30(13-14-38(26,34)35)25(32)20-7-10-27-11-8-20)23-6-5-22(37-23)19-3-1-18(2-4-19)21-16-28-17-36-21;/h1-6,16-17,20,27,33H,7-15H2,(H,29,31);1H. The van der Waals surface area contributed by atoms with Crippen molar-refractivity contribution in [2.24, 2.45) is 5.92 Å². The van der Waals surface area contributed by atoms with Gasteiger partial charge in [0.05, 0.1) is 18.4 Å². The third kappa shape index (κ3) is 5.90. The van der Waals surface area contributed by atoms with Crippen LogP contribution in [-0.4, -0.2) is 67.3 Å². The van der Waals surface area contributed by atoms with Crippen LogP contribution >= 0.6 is 23.7 Å². The van der Waals surface area contributed by atoms with E-state index in [4.69, 9.17) is 4.42 Å². The van der Waals surface area contributed by atoms with E-state index >= 15 is 0 Å². The fourth-order valence-electron chi connectivity index (χ4n) is 5.31. The van der Waals surface area contributed by atoms with E-state index in [0.717, 1.165) is 41.9 Å². The summed E-state index contributed by atoms with van der Waals surface area (Å²) in [6.07, 6.45) is 4.10. The van der Waals surface area contributed by atoms with Gasteiger partial charge in [0, 0.05) is 34.3 Å². The Labute approximate surface area is 237 Å². The molecule has 2 fully saturated rings. The van der Waals surface area contributed by atoms with Crippen LogP contribution in [0.15, 0.2) is 53.4 Å². The van der Waals surface area contributed by atoms with E-state index in [2.05, 4.69) is 10.3 Å². The molecule has 1 unspecified atom stereocenters. The zero-order chi connectivity index (χ0) is 26.8. The number of thiophene rings is 1. The van der Waals surface area contributed by atoms with Gasteiger partial charge in [-0.05, 0) is 50.0 Å². The molecule has 1 aromatic carbocycles. The Kier molecular flexibility index (Phi) is 9.12. The maximum Gasteiger partial charge on any atom is 0.245 e. The minimum atomic E-state index is -3.87. The number of piperidine rings is 1. The van der Waals surface area contributed by atoms with Crippen molar-refractivity contribution >= 4 is 45.4 Å². The minimum Gasteiger partial charge on any atom is -0.444 e. The molecular weight excluding hydrogens is 564 g/mol. The Morgan fingerprint density at radius 2 is 1.85 bits per heavy atom. The second-order valence-corrected chi connectivity index (χ2v) is 13.2. The van der Waals surface area contributed by atoms with Crippen LogP contribution in [0.3, 0.4) is 0 Å². The predicted octanol–water partition coefficient (Wildman–Crippen LogP) is 3.23. The maximum absolute atomic E-state index is 13.8. The topological polar surface area (TPSA) is 142 Å². The van der Waals surface area contributed by atoms with E-state index < -0.39 is 26.9 Å². The Morgan fingerprint density at radius 1 is 1.13 bits per heavy atom. The summed E-state index contributed by atoms with van der Waals surface area (Å²) in [5.41, 5.74) is 3.36. The average Bonchev–Trinajstić information content (AvgIpc) is 3.63. The van der Waals surface area contributed by atoms with Crippen molar-refractivity contribution < 1.29 is 27.6 Å². The molecule has 2 saturated heterocycles. The summed E-state index contributed by atoms with van der Waals surface area (Å²) in [5, 5.41) is 12.5. The van der Waals surface area contributed by atoms with Crippen molar-refractivity contribution in [2.45, 2.75) is 30.4 Å². The first-order valence-electron chi connectivity index (χ1n) is 12.6. The number of hydrogen-bond donors (Lipinski definition) is 3. The van der Waals surface area contributed by atoms with Gasteiger partial charge in [-0.2, -0.15) is 0 Å². The summed E-state index contributed by atoms with van der Waals surface area (Å²) >= 11 is 1.31. The van der Waals surface area contributed by atoms with Gasteiger partial charge in [-0.3, -0.25) is 14.8 Å². The van der Waals surface area contributed by atoms with Crippen molar-refractivity contribution in [3.63, 3.8) is 0 Å². The highest BCUT2D eigenvalue weighted by Crippen LogP contribution is 2.45. The molecule has 0 aliphatic carbocycles. The van der Waals surface area contributed by atoms with Crippen LogP contribution in [0.2, 0.25) is 0 Å². The van der Waals surface area contributed by atoms with Gasteiger partial charge in [-0.15, -0.1) is 23.7 Å². The van der Waals surface area contributed by atoms with Gasteiger partial charge in [-0.25, -0.2) is 18.9 Å². The number of hydroxylamine groups is 1. The normalized spacial score (nSPS) is 21.5. The molecule has 2 amide bonds. The lowest BCUT2D eigenvalue weighted by molar-refractivity contribution is -0.136. The number of amides is 2. The molecule has 0 spiro atoms. The van der Waals surface area contributed by atoms with Gasteiger partial charge in [0.25, 0.3) is 0 Å². The fourth-order valence-corrected chi connectivity index (χ4v) is 8.92. The van der Waals surface area contributed by atoms with Crippen LogP contribution in [-0.2, 0) is 24.2 Å². The highest BCUT2D eigenvalue weighted by atomic mass is 35.5. The maximum atomic E-state index is 13.8. The number of carbonyl (C=O) groups is 2. The first-order chi connectivity index (χ1) is 18.3. The highest BCUT2D eigenvalue weighted by Gasteiger charge is 2.50. The third-order valence-electron chi connectivity index (χ3n) is 7.52. The number of aromatic nitrogens is 1. The van der Waals surface area contributed by atoms with Gasteiger partial charge < -0.3 is 14.6 Å². The molecular formula is C26H31ClN4O6S2. The van der Waals surface area contributed by atoms with Gasteiger partial charge >= 0.3 is 0 Å². The van der Waals surface area contributed by atoms with Crippen molar-refractivity contribution in [3.8, 4) is 21.8 Å². The Morgan fingerprint density at radius 3 is 2.51 bits per heavy atom. The van der Waals surface area contributed by atoms with E-state index in [0.29, 0.717) is 10.6 Å². The first-order valence-corrected chi connectivity index (χ1v) is 15.0. The number of rotatable bonds is 6.